The van der Waals surface area contributed by atoms with Crippen LogP contribution in [0.25, 0.3) is 5.69 Å². The summed E-state index contributed by atoms with van der Waals surface area (Å²) in [5.74, 6) is 0.919. The monoisotopic (exact) mass is 441 g/mol. The molecule has 6 nitrogen and oxygen atoms in total. The summed E-state index contributed by atoms with van der Waals surface area (Å²) in [6.45, 7) is 3.23. The van der Waals surface area contributed by atoms with Crippen molar-refractivity contribution in [3.8, 4) is 11.4 Å². The number of benzene rings is 2. The van der Waals surface area contributed by atoms with Gasteiger partial charge in [0.25, 0.3) is 5.24 Å². The van der Waals surface area contributed by atoms with Gasteiger partial charge in [-0.1, -0.05) is 23.9 Å². The van der Waals surface area contributed by atoms with Crippen molar-refractivity contribution in [1.82, 2.24) is 9.55 Å². The van der Waals surface area contributed by atoms with Crippen molar-refractivity contribution in [2.75, 3.05) is 13.2 Å². The van der Waals surface area contributed by atoms with Gasteiger partial charge in [0.05, 0.1) is 4.75 Å². The van der Waals surface area contributed by atoms with Crippen molar-refractivity contribution in [3.05, 3.63) is 77.6 Å². The molecule has 0 saturated carbocycles. The van der Waals surface area contributed by atoms with Gasteiger partial charge in [0.15, 0.2) is 0 Å². The average molecular weight is 442 g/mol. The molecule has 1 aliphatic heterocycles. The Morgan fingerprint density at radius 1 is 1.26 bits per heavy atom. The van der Waals surface area contributed by atoms with Crippen LogP contribution in [0.3, 0.4) is 0 Å². The number of carbonyl (C=O) groups excluding carboxylic acids is 1. The molecule has 8 heteroatoms. The van der Waals surface area contributed by atoms with Crippen LogP contribution in [0.5, 0.6) is 5.75 Å². The number of hydrogen-bond donors (Lipinski definition) is 1. The molecule has 3 aromatic rings. The predicted octanol–water partition coefficient (Wildman–Crippen LogP) is 4.72. The zero-order chi connectivity index (χ0) is 21.8. The number of primary amides is 1. The van der Waals surface area contributed by atoms with E-state index in [0.29, 0.717) is 44.0 Å². The number of ether oxygens (including phenoxy) is 2. The SMILES string of the molecule is Cc1nccn1-c1ccc(COc2cc(F)cc(C3(SC(N)=O)CCOCC3)c2)cc1. The van der Waals surface area contributed by atoms with Gasteiger partial charge in [-0.25, -0.2) is 9.37 Å². The Morgan fingerprint density at radius 2 is 2.00 bits per heavy atom. The van der Waals surface area contributed by atoms with Crippen LogP contribution < -0.4 is 10.5 Å². The highest BCUT2D eigenvalue weighted by atomic mass is 32.2. The lowest BCUT2D eigenvalue weighted by atomic mass is 9.90. The highest BCUT2D eigenvalue weighted by Crippen LogP contribution is 2.46. The molecule has 1 amide bonds. The van der Waals surface area contributed by atoms with Crippen molar-refractivity contribution >= 4 is 17.0 Å². The molecule has 0 bridgehead atoms. The second-order valence-electron chi connectivity index (χ2n) is 7.50. The van der Waals surface area contributed by atoms with Gasteiger partial charge in [0.2, 0.25) is 0 Å². The third-order valence-electron chi connectivity index (χ3n) is 5.44. The van der Waals surface area contributed by atoms with Gasteiger partial charge in [-0.2, -0.15) is 0 Å². The second-order valence-corrected chi connectivity index (χ2v) is 8.89. The van der Waals surface area contributed by atoms with Crippen molar-refractivity contribution in [2.45, 2.75) is 31.1 Å². The Labute approximate surface area is 184 Å². The van der Waals surface area contributed by atoms with Crippen LogP contribution in [0.4, 0.5) is 9.18 Å². The van der Waals surface area contributed by atoms with Gasteiger partial charge in [-0.3, -0.25) is 4.79 Å². The Morgan fingerprint density at radius 3 is 2.65 bits per heavy atom. The Balaban J connectivity index is 1.51. The number of aryl methyl sites for hydroxylation is 1. The average Bonchev–Trinajstić information content (AvgIpc) is 3.18. The molecule has 0 spiro atoms. The third-order valence-corrected chi connectivity index (χ3v) is 6.68. The zero-order valence-corrected chi connectivity index (χ0v) is 18.0. The number of aromatic nitrogens is 2. The fraction of sp³-hybridized carbons (Fsp3) is 0.304. The molecule has 2 heterocycles. The summed E-state index contributed by atoms with van der Waals surface area (Å²) < 4.78 is 27.1. The molecule has 1 saturated heterocycles. The highest BCUT2D eigenvalue weighted by Gasteiger charge is 2.37. The first-order valence-corrected chi connectivity index (χ1v) is 10.9. The van der Waals surface area contributed by atoms with Gasteiger partial charge in [-0.05, 0) is 55.2 Å². The molecule has 1 aliphatic rings. The molecule has 2 N–H and O–H groups in total. The summed E-state index contributed by atoms with van der Waals surface area (Å²) in [6.07, 6.45) is 4.83. The Hall–Kier alpha value is -2.84. The summed E-state index contributed by atoms with van der Waals surface area (Å²) in [5.41, 5.74) is 8.13. The number of nitrogens with zero attached hydrogens (tertiary/aromatic N) is 2. The lowest BCUT2D eigenvalue weighted by molar-refractivity contribution is 0.0768. The molecule has 0 radical (unpaired) electrons. The molecule has 0 atom stereocenters. The molecule has 1 fully saturated rings. The first-order valence-electron chi connectivity index (χ1n) is 10.0. The lowest BCUT2D eigenvalue weighted by Crippen LogP contribution is -2.33. The third kappa shape index (κ3) is 4.91. The standard InChI is InChI=1S/C23H24FN3O3S/c1-16-26-8-9-27(16)20-4-2-17(3-5-20)15-30-21-13-18(12-19(24)14-21)23(31-22(25)28)6-10-29-11-7-23/h2-5,8-9,12-14H,6-7,10-11,15H2,1H3,(H2,25,28). The van der Waals surface area contributed by atoms with E-state index in [9.17, 15) is 9.18 Å². The van der Waals surface area contributed by atoms with Crippen LogP contribution in [-0.2, 0) is 16.1 Å². The fourth-order valence-corrected chi connectivity index (χ4v) is 4.81. The maximum Gasteiger partial charge on any atom is 0.277 e. The predicted molar refractivity (Wildman–Crippen MR) is 118 cm³/mol. The van der Waals surface area contributed by atoms with E-state index in [-0.39, 0.29) is 0 Å². The van der Waals surface area contributed by atoms with Crippen molar-refractivity contribution in [2.24, 2.45) is 5.73 Å². The molecule has 31 heavy (non-hydrogen) atoms. The summed E-state index contributed by atoms with van der Waals surface area (Å²) in [4.78, 5) is 15.9. The molecular formula is C23H24FN3O3S. The quantitative estimate of drug-likeness (QED) is 0.599. The molecule has 0 aliphatic carbocycles. The van der Waals surface area contributed by atoms with Crippen molar-refractivity contribution in [3.63, 3.8) is 0 Å². The number of halogens is 1. The van der Waals surface area contributed by atoms with Crippen molar-refractivity contribution < 1.29 is 18.7 Å². The van der Waals surface area contributed by atoms with Crippen LogP contribution in [0.1, 0.15) is 29.8 Å². The van der Waals surface area contributed by atoms with Gasteiger partial charge in [-0.15, -0.1) is 0 Å². The maximum absolute atomic E-state index is 14.4. The van der Waals surface area contributed by atoms with Crippen LogP contribution in [-0.4, -0.2) is 28.0 Å². The Bertz CT molecular complexity index is 1060. The van der Waals surface area contributed by atoms with E-state index in [1.165, 1.54) is 12.1 Å². The first kappa shape index (κ1) is 21.4. The number of thioether (sulfide) groups is 1. The number of amides is 1. The number of imidazole rings is 1. The largest absolute Gasteiger partial charge is 0.489 e. The molecule has 2 aromatic carbocycles. The summed E-state index contributed by atoms with van der Waals surface area (Å²) in [6, 6.07) is 12.5. The molecule has 162 valence electrons. The van der Waals surface area contributed by atoms with Crippen molar-refractivity contribution in [1.29, 1.82) is 0 Å². The Kier molecular flexibility index (Phi) is 6.29. The number of hydrogen-bond acceptors (Lipinski definition) is 5. The van der Waals surface area contributed by atoms with Crippen LogP contribution in [0.15, 0.2) is 54.9 Å². The number of nitrogens with two attached hydrogens (primary N) is 1. The second kappa shape index (κ2) is 9.11. The van der Waals surface area contributed by atoms with E-state index in [1.807, 2.05) is 42.0 Å². The van der Waals surface area contributed by atoms with Gasteiger partial charge < -0.3 is 19.8 Å². The smallest absolute Gasteiger partial charge is 0.277 e. The lowest BCUT2D eigenvalue weighted by Gasteiger charge is -2.36. The van der Waals surface area contributed by atoms with E-state index < -0.39 is 15.8 Å². The molecule has 4 rings (SSSR count). The summed E-state index contributed by atoms with van der Waals surface area (Å²) in [5, 5.41) is -0.484. The minimum Gasteiger partial charge on any atom is -0.489 e. The van der Waals surface area contributed by atoms with Gasteiger partial charge in [0.1, 0.15) is 24.0 Å². The summed E-state index contributed by atoms with van der Waals surface area (Å²) in [7, 11) is 0. The maximum atomic E-state index is 14.4. The van der Waals surface area contributed by atoms with E-state index in [2.05, 4.69) is 4.98 Å². The van der Waals surface area contributed by atoms with Crippen LogP contribution >= 0.6 is 11.8 Å². The molecular weight excluding hydrogens is 417 g/mol. The number of carbonyl (C=O) groups is 1. The first-order chi connectivity index (χ1) is 14.9. The van der Waals surface area contributed by atoms with E-state index in [1.54, 1.807) is 12.3 Å². The fourth-order valence-electron chi connectivity index (χ4n) is 3.82. The molecule has 1 aromatic heterocycles. The zero-order valence-electron chi connectivity index (χ0n) is 17.2. The molecule has 0 unspecified atom stereocenters. The van der Waals surface area contributed by atoms with E-state index >= 15 is 0 Å². The normalized spacial score (nSPS) is 15.5. The van der Waals surface area contributed by atoms with E-state index in [4.69, 9.17) is 15.2 Å². The van der Waals surface area contributed by atoms with Crippen LogP contribution in [0, 0.1) is 12.7 Å². The van der Waals surface area contributed by atoms with Gasteiger partial charge in [0, 0.05) is 37.4 Å². The summed E-state index contributed by atoms with van der Waals surface area (Å²) >= 11 is 1.04. The van der Waals surface area contributed by atoms with Crippen LogP contribution in [0.2, 0.25) is 0 Å². The minimum atomic E-state index is -0.603. The minimum absolute atomic E-state index is 0.297. The topological polar surface area (TPSA) is 79.4 Å². The number of rotatable bonds is 6. The highest BCUT2D eigenvalue weighted by molar-refractivity contribution is 8.14. The van der Waals surface area contributed by atoms with E-state index in [0.717, 1.165) is 28.8 Å². The van der Waals surface area contributed by atoms with Gasteiger partial charge >= 0.3 is 0 Å².